The van der Waals surface area contributed by atoms with Crippen molar-refractivity contribution in [1.82, 2.24) is 14.5 Å². The molecule has 0 radical (unpaired) electrons. The predicted octanol–water partition coefficient (Wildman–Crippen LogP) is 2.46. The van der Waals surface area contributed by atoms with Crippen LogP contribution in [0.25, 0.3) is 0 Å². The summed E-state index contributed by atoms with van der Waals surface area (Å²) in [5, 5.41) is 3.45. The Balaban J connectivity index is 2.01. The van der Waals surface area contributed by atoms with Gasteiger partial charge < -0.3 is 19.7 Å². The quantitative estimate of drug-likeness (QED) is 0.697. The van der Waals surface area contributed by atoms with Gasteiger partial charge in [-0.3, -0.25) is 9.36 Å². The molecule has 0 saturated carbocycles. The number of anilines is 1. The summed E-state index contributed by atoms with van der Waals surface area (Å²) in [6, 6.07) is 10.1. The van der Waals surface area contributed by atoms with Crippen LogP contribution in [0.2, 0.25) is 0 Å². The molecule has 8 nitrogen and oxygen atoms in total. The Morgan fingerprint density at radius 3 is 2.50 bits per heavy atom. The fraction of sp³-hybridized carbons (Fsp3) is 0.500. The summed E-state index contributed by atoms with van der Waals surface area (Å²) in [4.78, 5) is 32.0. The summed E-state index contributed by atoms with van der Waals surface area (Å²) < 4.78 is 11.6. The number of nitrogens with one attached hydrogen (secondary N) is 1. The number of carbonyl (C=O) groups excluding carboxylic acids is 1. The second-order valence-electron chi connectivity index (χ2n) is 7.58. The molecular formula is C22H30N4O4. The minimum Gasteiger partial charge on any atom is -0.489 e. The van der Waals surface area contributed by atoms with Crippen LogP contribution >= 0.6 is 0 Å². The van der Waals surface area contributed by atoms with E-state index in [4.69, 9.17) is 9.47 Å². The average molecular weight is 415 g/mol. The van der Waals surface area contributed by atoms with E-state index in [-0.39, 0.29) is 24.1 Å². The lowest BCUT2D eigenvalue weighted by molar-refractivity contribution is 0.0514. The van der Waals surface area contributed by atoms with Crippen molar-refractivity contribution < 1.29 is 14.3 Å². The van der Waals surface area contributed by atoms with Gasteiger partial charge in [-0.1, -0.05) is 30.3 Å². The third-order valence-electron chi connectivity index (χ3n) is 5.60. The lowest BCUT2D eigenvalue weighted by Crippen LogP contribution is -2.36. The van der Waals surface area contributed by atoms with Gasteiger partial charge in [-0.15, -0.1) is 0 Å². The van der Waals surface area contributed by atoms with Gasteiger partial charge in [-0.2, -0.15) is 0 Å². The van der Waals surface area contributed by atoms with Crippen LogP contribution < -0.4 is 15.6 Å². The van der Waals surface area contributed by atoms with Crippen molar-refractivity contribution in [2.75, 3.05) is 39.2 Å². The summed E-state index contributed by atoms with van der Waals surface area (Å²) >= 11 is 0. The second kappa shape index (κ2) is 9.75. The molecule has 8 heteroatoms. The molecule has 1 aliphatic heterocycles. The molecule has 30 heavy (non-hydrogen) atoms. The molecule has 162 valence electrons. The molecule has 1 unspecified atom stereocenters. The standard InChI is InChI=1S/C22H30N4O4/c1-5-30-21(28)18-19(29-4)20(27)26(3)22(24-18)23-17(15-9-7-6-8-10-15)16-11-13-25(2)14-12-16/h6-10,16-17H,5,11-14H2,1-4H3,(H,23,24). The van der Waals surface area contributed by atoms with Crippen molar-refractivity contribution in [3.63, 3.8) is 0 Å². The molecule has 1 aromatic heterocycles. The zero-order valence-corrected chi connectivity index (χ0v) is 18.1. The van der Waals surface area contributed by atoms with Crippen LogP contribution in [-0.4, -0.2) is 54.3 Å². The predicted molar refractivity (Wildman–Crippen MR) is 115 cm³/mol. The summed E-state index contributed by atoms with van der Waals surface area (Å²) in [5.74, 6) is -0.104. The van der Waals surface area contributed by atoms with Crippen LogP contribution in [0.4, 0.5) is 5.95 Å². The molecule has 2 aromatic rings. The number of methoxy groups -OCH3 is 1. The summed E-state index contributed by atoms with van der Waals surface area (Å²) in [7, 11) is 5.09. The maximum absolute atomic E-state index is 12.8. The van der Waals surface area contributed by atoms with E-state index in [0.29, 0.717) is 11.9 Å². The monoisotopic (exact) mass is 414 g/mol. The Hall–Kier alpha value is -2.87. The van der Waals surface area contributed by atoms with Gasteiger partial charge in [0.15, 0.2) is 5.69 Å². The van der Waals surface area contributed by atoms with E-state index in [2.05, 4.69) is 34.4 Å². The number of likely N-dealkylation sites (tertiary alicyclic amines) is 1. The minimum absolute atomic E-state index is 0.0403. The number of rotatable bonds is 7. The number of hydrogen-bond acceptors (Lipinski definition) is 7. The second-order valence-corrected chi connectivity index (χ2v) is 7.58. The lowest BCUT2D eigenvalue weighted by Gasteiger charge is -2.35. The van der Waals surface area contributed by atoms with Crippen molar-refractivity contribution >= 4 is 11.9 Å². The van der Waals surface area contributed by atoms with Gasteiger partial charge in [0.2, 0.25) is 11.7 Å². The van der Waals surface area contributed by atoms with Crippen molar-refractivity contribution in [3.05, 3.63) is 51.9 Å². The van der Waals surface area contributed by atoms with Crippen LogP contribution in [0.1, 0.15) is 41.9 Å². The fourth-order valence-electron chi connectivity index (χ4n) is 3.87. The number of ether oxygens (including phenoxy) is 2. The highest BCUT2D eigenvalue weighted by molar-refractivity contribution is 5.90. The molecule has 2 heterocycles. The molecule has 0 amide bonds. The molecule has 1 atom stereocenters. The van der Waals surface area contributed by atoms with E-state index < -0.39 is 11.5 Å². The first-order valence-corrected chi connectivity index (χ1v) is 10.3. The van der Waals surface area contributed by atoms with Gasteiger partial charge in [0.25, 0.3) is 5.56 Å². The molecule has 0 aliphatic carbocycles. The highest BCUT2D eigenvalue weighted by atomic mass is 16.5. The fourth-order valence-corrected chi connectivity index (χ4v) is 3.87. The SMILES string of the molecule is CCOC(=O)c1nc(NC(c2ccccc2)C2CCN(C)CC2)n(C)c(=O)c1OC. The molecule has 0 spiro atoms. The van der Waals surface area contributed by atoms with E-state index in [9.17, 15) is 9.59 Å². The third-order valence-corrected chi connectivity index (χ3v) is 5.60. The van der Waals surface area contributed by atoms with Gasteiger partial charge >= 0.3 is 5.97 Å². The topological polar surface area (TPSA) is 85.7 Å². The van der Waals surface area contributed by atoms with Crippen LogP contribution in [0, 0.1) is 5.92 Å². The van der Waals surface area contributed by atoms with Gasteiger partial charge in [0.1, 0.15) is 0 Å². The van der Waals surface area contributed by atoms with E-state index in [1.165, 1.54) is 11.7 Å². The normalized spacial score (nSPS) is 16.1. The van der Waals surface area contributed by atoms with Crippen LogP contribution in [0.3, 0.4) is 0 Å². The number of piperidine rings is 1. The largest absolute Gasteiger partial charge is 0.489 e. The van der Waals surface area contributed by atoms with Crippen molar-refractivity contribution in [1.29, 1.82) is 0 Å². The molecule has 1 saturated heterocycles. The van der Waals surface area contributed by atoms with Crippen LogP contribution in [-0.2, 0) is 11.8 Å². The molecular weight excluding hydrogens is 384 g/mol. The number of benzene rings is 1. The highest BCUT2D eigenvalue weighted by Crippen LogP contribution is 2.33. The molecule has 1 aliphatic rings. The maximum atomic E-state index is 12.8. The van der Waals surface area contributed by atoms with Crippen LogP contribution in [0.5, 0.6) is 5.75 Å². The van der Waals surface area contributed by atoms with E-state index in [1.54, 1.807) is 14.0 Å². The van der Waals surface area contributed by atoms with Crippen molar-refractivity contribution in [2.45, 2.75) is 25.8 Å². The molecule has 1 aromatic carbocycles. The molecule has 1 N–H and O–H groups in total. The number of aromatic nitrogens is 2. The Morgan fingerprint density at radius 1 is 1.23 bits per heavy atom. The van der Waals surface area contributed by atoms with Gasteiger partial charge in [0.05, 0.1) is 19.8 Å². The number of esters is 1. The number of nitrogens with zero attached hydrogens (tertiary/aromatic N) is 3. The zero-order chi connectivity index (χ0) is 21.7. The van der Waals surface area contributed by atoms with Crippen LogP contribution in [0.15, 0.2) is 35.1 Å². The molecule has 1 fully saturated rings. The highest BCUT2D eigenvalue weighted by Gasteiger charge is 2.29. The minimum atomic E-state index is -0.675. The summed E-state index contributed by atoms with van der Waals surface area (Å²) in [5.41, 5.74) is 0.572. The van der Waals surface area contributed by atoms with Gasteiger partial charge in [-0.05, 0) is 51.4 Å². The molecule has 3 rings (SSSR count). The third kappa shape index (κ3) is 4.64. The maximum Gasteiger partial charge on any atom is 0.361 e. The zero-order valence-electron chi connectivity index (χ0n) is 18.1. The first-order chi connectivity index (χ1) is 14.5. The first-order valence-electron chi connectivity index (χ1n) is 10.3. The van der Waals surface area contributed by atoms with Crippen molar-refractivity contribution in [2.24, 2.45) is 13.0 Å². The first kappa shape index (κ1) is 21.8. The van der Waals surface area contributed by atoms with Gasteiger partial charge in [0, 0.05) is 7.05 Å². The smallest absolute Gasteiger partial charge is 0.361 e. The summed E-state index contributed by atoms with van der Waals surface area (Å²) in [6.07, 6.45) is 2.05. The van der Waals surface area contributed by atoms with Crippen molar-refractivity contribution in [3.8, 4) is 5.75 Å². The lowest BCUT2D eigenvalue weighted by atomic mass is 9.85. The number of carbonyl (C=O) groups is 1. The molecule has 0 bridgehead atoms. The van der Waals surface area contributed by atoms with E-state index in [0.717, 1.165) is 31.5 Å². The van der Waals surface area contributed by atoms with E-state index in [1.807, 2.05) is 18.2 Å². The summed E-state index contributed by atoms with van der Waals surface area (Å²) in [6.45, 7) is 3.91. The Bertz CT molecular complexity index is 921. The Kier molecular flexibility index (Phi) is 7.10. The Labute approximate surface area is 176 Å². The number of hydrogen-bond donors (Lipinski definition) is 1. The Morgan fingerprint density at radius 2 is 1.90 bits per heavy atom. The average Bonchev–Trinajstić information content (AvgIpc) is 2.76. The van der Waals surface area contributed by atoms with Gasteiger partial charge in [-0.25, -0.2) is 9.78 Å². The van der Waals surface area contributed by atoms with E-state index >= 15 is 0 Å².